The van der Waals surface area contributed by atoms with E-state index in [-0.39, 0.29) is 0 Å². The van der Waals surface area contributed by atoms with Gasteiger partial charge in [-0.1, -0.05) is 20.8 Å². The van der Waals surface area contributed by atoms with Crippen molar-refractivity contribution in [3.8, 4) is 0 Å². The highest BCUT2D eigenvalue weighted by Gasteiger charge is 2.28. The topological polar surface area (TPSA) is 63.1 Å². The zero-order valence-electron chi connectivity index (χ0n) is 13.2. The van der Waals surface area contributed by atoms with E-state index in [1.54, 1.807) is 6.20 Å². The van der Waals surface area contributed by atoms with E-state index in [4.69, 9.17) is 0 Å². The van der Waals surface area contributed by atoms with E-state index in [0.717, 1.165) is 38.0 Å². The Morgan fingerprint density at radius 3 is 2.67 bits per heavy atom. The van der Waals surface area contributed by atoms with Crippen LogP contribution in [0.3, 0.4) is 0 Å². The van der Waals surface area contributed by atoms with Gasteiger partial charge in [-0.2, -0.15) is 0 Å². The van der Waals surface area contributed by atoms with E-state index in [0.29, 0.717) is 23.4 Å². The lowest BCUT2D eigenvalue weighted by Crippen LogP contribution is -2.27. The van der Waals surface area contributed by atoms with Crippen LogP contribution >= 0.6 is 0 Å². The summed E-state index contributed by atoms with van der Waals surface area (Å²) < 4.78 is 29.5. The van der Waals surface area contributed by atoms with Crippen LogP contribution in [0.5, 0.6) is 0 Å². The van der Waals surface area contributed by atoms with E-state index < -0.39 is 10.0 Å². The highest BCUT2D eigenvalue weighted by atomic mass is 32.2. The molecule has 0 aromatic carbocycles. The number of rotatable bonds is 9. The second-order valence-electron chi connectivity index (χ2n) is 6.23. The predicted molar refractivity (Wildman–Crippen MR) is 84.7 cm³/mol. The van der Waals surface area contributed by atoms with Crippen molar-refractivity contribution in [1.82, 2.24) is 14.6 Å². The van der Waals surface area contributed by atoms with Gasteiger partial charge in [-0.05, 0) is 37.8 Å². The lowest BCUT2D eigenvalue weighted by molar-refractivity contribution is 0.559. The number of nitrogens with zero attached hydrogens (tertiary/aromatic N) is 1. The van der Waals surface area contributed by atoms with E-state index >= 15 is 0 Å². The molecule has 0 radical (unpaired) electrons. The van der Waals surface area contributed by atoms with Crippen molar-refractivity contribution in [2.45, 2.75) is 57.5 Å². The molecule has 1 saturated carbocycles. The molecule has 0 bridgehead atoms. The van der Waals surface area contributed by atoms with Crippen LogP contribution in [0.15, 0.2) is 17.2 Å². The summed E-state index contributed by atoms with van der Waals surface area (Å²) in [5.41, 5.74) is 1.07. The third kappa shape index (κ3) is 4.56. The van der Waals surface area contributed by atoms with Crippen molar-refractivity contribution in [2.75, 3.05) is 13.1 Å². The summed E-state index contributed by atoms with van der Waals surface area (Å²) in [5.74, 6) is 0.302. The Morgan fingerprint density at radius 2 is 2.10 bits per heavy atom. The molecule has 1 aliphatic rings. The molecule has 0 amide bonds. The molecule has 0 atom stereocenters. The van der Waals surface area contributed by atoms with E-state index in [1.165, 1.54) is 0 Å². The molecule has 120 valence electrons. The molecule has 21 heavy (non-hydrogen) atoms. The minimum absolute atomic E-state index is 0.302. The third-order valence-corrected chi connectivity index (χ3v) is 4.96. The Morgan fingerprint density at radius 1 is 1.38 bits per heavy atom. The largest absolute Gasteiger partial charge is 0.346 e. The SMILES string of the molecule is CCCNCc1cc(S(=O)(=O)NCC(C)C)cn1C1CC1. The quantitative estimate of drug-likeness (QED) is 0.687. The average molecular weight is 313 g/mol. The summed E-state index contributed by atoms with van der Waals surface area (Å²) in [6, 6.07) is 2.29. The van der Waals surface area contributed by atoms with Crippen molar-refractivity contribution >= 4 is 10.0 Å². The second kappa shape index (κ2) is 6.94. The van der Waals surface area contributed by atoms with Crippen LogP contribution in [0.1, 0.15) is 51.8 Å². The Bertz CT molecular complexity index is 559. The number of hydrogen-bond donors (Lipinski definition) is 2. The minimum atomic E-state index is -3.39. The van der Waals surface area contributed by atoms with Crippen LogP contribution in [-0.4, -0.2) is 26.1 Å². The molecular formula is C15H27N3O2S. The monoisotopic (exact) mass is 313 g/mol. The van der Waals surface area contributed by atoms with E-state index in [1.807, 2.05) is 19.9 Å². The van der Waals surface area contributed by atoms with Crippen molar-refractivity contribution in [3.05, 3.63) is 18.0 Å². The minimum Gasteiger partial charge on any atom is -0.346 e. The average Bonchev–Trinajstić information content (AvgIpc) is 3.17. The van der Waals surface area contributed by atoms with Crippen LogP contribution in [0.2, 0.25) is 0 Å². The smallest absolute Gasteiger partial charge is 0.242 e. The van der Waals surface area contributed by atoms with Gasteiger partial charge in [0.1, 0.15) is 0 Å². The maximum Gasteiger partial charge on any atom is 0.242 e. The highest BCUT2D eigenvalue weighted by molar-refractivity contribution is 7.89. The van der Waals surface area contributed by atoms with Crippen LogP contribution in [0.4, 0.5) is 0 Å². The number of nitrogens with one attached hydrogen (secondary N) is 2. The molecule has 0 saturated heterocycles. The summed E-state index contributed by atoms with van der Waals surface area (Å²) in [7, 11) is -3.39. The third-order valence-electron chi connectivity index (χ3n) is 3.57. The molecule has 1 fully saturated rings. The molecule has 1 aromatic heterocycles. The van der Waals surface area contributed by atoms with Gasteiger partial charge in [0.05, 0.1) is 4.90 Å². The standard InChI is InChI=1S/C15H27N3O2S/c1-4-7-16-10-14-8-15(11-18(14)13-5-6-13)21(19,20)17-9-12(2)3/h8,11-13,16-17H,4-7,9-10H2,1-3H3. The Hall–Kier alpha value is -0.850. The summed E-state index contributed by atoms with van der Waals surface area (Å²) in [5, 5.41) is 3.35. The first kappa shape index (κ1) is 16.5. The van der Waals surface area contributed by atoms with Gasteiger partial charge in [0, 0.05) is 31.0 Å². The maximum absolute atomic E-state index is 12.3. The fourth-order valence-corrected chi connectivity index (χ4v) is 3.49. The van der Waals surface area contributed by atoms with E-state index in [9.17, 15) is 8.42 Å². The first-order valence-electron chi connectivity index (χ1n) is 7.85. The molecule has 1 aliphatic carbocycles. The molecule has 2 rings (SSSR count). The maximum atomic E-state index is 12.3. The highest BCUT2D eigenvalue weighted by Crippen LogP contribution is 2.37. The van der Waals surface area contributed by atoms with Gasteiger partial charge in [-0.3, -0.25) is 0 Å². The lowest BCUT2D eigenvalue weighted by Gasteiger charge is -2.08. The van der Waals surface area contributed by atoms with Gasteiger partial charge in [0.25, 0.3) is 0 Å². The van der Waals surface area contributed by atoms with Crippen molar-refractivity contribution in [1.29, 1.82) is 0 Å². The fraction of sp³-hybridized carbons (Fsp3) is 0.733. The molecule has 1 aromatic rings. The first-order chi connectivity index (χ1) is 9.94. The fourth-order valence-electron chi connectivity index (χ4n) is 2.23. The zero-order valence-corrected chi connectivity index (χ0v) is 14.0. The molecule has 0 spiro atoms. The Labute approximate surface area is 128 Å². The molecule has 2 N–H and O–H groups in total. The van der Waals surface area contributed by atoms with Gasteiger partial charge in [0.15, 0.2) is 0 Å². The molecule has 5 nitrogen and oxygen atoms in total. The molecule has 0 unspecified atom stereocenters. The number of sulfonamides is 1. The summed E-state index contributed by atoms with van der Waals surface area (Å²) >= 11 is 0. The van der Waals surface area contributed by atoms with Crippen LogP contribution in [0, 0.1) is 5.92 Å². The Balaban J connectivity index is 2.14. The van der Waals surface area contributed by atoms with Gasteiger partial charge in [-0.15, -0.1) is 0 Å². The van der Waals surface area contributed by atoms with Crippen LogP contribution < -0.4 is 10.0 Å². The molecule has 0 aliphatic heterocycles. The van der Waals surface area contributed by atoms with Crippen molar-refractivity contribution in [2.24, 2.45) is 5.92 Å². The normalized spacial score (nSPS) is 15.8. The van der Waals surface area contributed by atoms with Crippen LogP contribution in [0.25, 0.3) is 0 Å². The summed E-state index contributed by atoms with van der Waals surface area (Å²) in [6.07, 6.45) is 5.16. The number of aromatic nitrogens is 1. The molecule has 1 heterocycles. The summed E-state index contributed by atoms with van der Waals surface area (Å²) in [4.78, 5) is 0.392. The summed E-state index contributed by atoms with van der Waals surface area (Å²) in [6.45, 7) is 8.27. The number of hydrogen-bond acceptors (Lipinski definition) is 3. The van der Waals surface area contributed by atoms with Crippen molar-refractivity contribution in [3.63, 3.8) is 0 Å². The first-order valence-corrected chi connectivity index (χ1v) is 9.33. The van der Waals surface area contributed by atoms with Gasteiger partial charge < -0.3 is 9.88 Å². The predicted octanol–water partition coefficient (Wildman–Crippen LogP) is 2.26. The van der Waals surface area contributed by atoms with E-state index in [2.05, 4.69) is 21.5 Å². The van der Waals surface area contributed by atoms with Gasteiger partial charge >= 0.3 is 0 Å². The lowest BCUT2D eigenvalue weighted by atomic mass is 10.2. The zero-order chi connectivity index (χ0) is 15.5. The van der Waals surface area contributed by atoms with Crippen molar-refractivity contribution < 1.29 is 8.42 Å². The van der Waals surface area contributed by atoms with Gasteiger partial charge in [-0.25, -0.2) is 13.1 Å². The van der Waals surface area contributed by atoms with Crippen LogP contribution in [-0.2, 0) is 16.6 Å². The molecular weight excluding hydrogens is 286 g/mol. The molecule has 6 heteroatoms. The second-order valence-corrected chi connectivity index (χ2v) is 8.00. The Kier molecular flexibility index (Phi) is 5.46. The van der Waals surface area contributed by atoms with Gasteiger partial charge in [0.2, 0.25) is 10.0 Å².